The molecule has 0 amide bonds. The summed E-state index contributed by atoms with van der Waals surface area (Å²) in [6, 6.07) is 7.00. The number of aryl methyl sites for hydroxylation is 5. The number of methoxy groups -OCH3 is 1. The normalized spacial score (nSPS) is 11.7. The maximum absolute atomic E-state index is 13.2. The van der Waals surface area contributed by atoms with Gasteiger partial charge in [-0.15, -0.1) is 0 Å². The fraction of sp³-hybridized carbons (Fsp3) is 0.348. The van der Waals surface area contributed by atoms with Crippen LogP contribution in [0.2, 0.25) is 0 Å². The van der Waals surface area contributed by atoms with Crippen LogP contribution in [0.5, 0.6) is 0 Å². The molecule has 0 spiro atoms. The number of anilines is 1. The Kier molecular flexibility index (Phi) is 6.43. The molecule has 0 saturated carbocycles. The van der Waals surface area contributed by atoms with Crippen LogP contribution in [-0.4, -0.2) is 34.7 Å². The largest absolute Gasteiger partial charge is 0.460 e. The number of sulfonamides is 1. The van der Waals surface area contributed by atoms with Crippen molar-refractivity contribution in [1.82, 2.24) is 0 Å². The van der Waals surface area contributed by atoms with E-state index in [4.69, 9.17) is 13.9 Å². The summed E-state index contributed by atoms with van der Waals surface area (Å²) in [5.74, 6) is -0.141. The van der Waals surface area contributed by atoms with Crippen molar-refractivity contribution in [1.29, 1.82) is 0 Å². The highest BCUT2D eigenvalue weighted by atomic mass is 32.2. The van der Waals surface area contributed by atoms with E-state index in [-0.39, 0.29) is 23.7 Å². The van der Waals surface area contributed by atoms with Crippen LogP contribution >= 0.6 is 0 Å². The molecule has 3 rings (SSSR count). The van der Waals surface area contributed by atoms with Crippen LogP contribution in [0.3, 0.4) is 0 Å². The van der Waals surface area contributed by atoms with E-state index < -0.39 is 16.0 Å². The average molecular weight is 446 g/mol. The Bertz CT molecular complexity index is 1230. The van der Waals surface area contributed by atoms with Crippen LogP contribution in [0.25, 0.3) is 11.0 Å². The average Bonchev–Trinajstić information content (AvgIpc) is 2.95. The zero-order valence-corrected chi connectivity index (χ0v) is 19.4. The predicted octanol–water partition coefficient (Wildman–Crippen LogP) is 4.58. The van der Waals surface area contributed by atoms with Gasteiger partial charge in [-0.05, 0) is 63.4 Å². The van der Waals surface area contributed by atoms with E-state index >= 15 is 0 Å². The van der Waals surface area contributed by atoms with Crippen molar-refractivity contribution in [2.75, 3.05) is 25.0 Å². The predicted molar refractivity (Wildman–Crippen MR) is 119 cm³/mol. The molecule has 2 aromatic carbocycles. The van der Waals surface area contributed by atoms with Crippen molar-refractivity contribution in [3.05, 3.63) is 57.8 Å². The third kappa shape index (κ3) is 4.60. The number of ether oxygens (including phenoxy) is 2. The SMILES string of the molecule is COCCOC(=O)c1c(C)oc2cc(C)c(NS(=O)(=O)c3c(C)cc(C)cc3C)cc12. The number of carbonyl (C=O) groups excluding carboxylic acids is 1. The zero-order valence-electron chi connectivity index (χ0n) is 18.6. The van der Waals surface area contributed by atoms with E-state index in [0.29, 0.717) is 39.1 Å². The molecule has 1 N–H and O–H groups in total. The van der Waals surface area contributed by atoms with Gasteiger partial charge in [0, 0.05) is 12.5 Å². The second-order valence-corrected chi connectivity index (χ2v) is 9.28. The molecule has 0 aliphatic rings. The quantitative estimate of drug-likeness (QED) is 0.423. The summed E-state index contributed by atoms with van der Waals surface area (Å²) >= 11 is 0. The summed E-state index contributed by atoms with van der Waals surface area (Å²) < 4.78 is 44.9. The van der Waals surface area contributed by atoms with Gasteiger partial charge >= 0.3 is 5.97 Å². The second-order valence-electron chi connectivity index (χ2n) is 7.66. The fourth-order valence-corrected chi connectivity index (χ4v) is 5.38. The van der Waals surface area contributed by atoms with E-state index in [1.165, 1.54) is 7.11 Å². The molecule has 166 valence electrons. The lowest BCUT2D eigenvalue weighted by atomic mass is 10.1. The van der Waals surface area contributed by atoms with Crippen LogP contribution in [0.15, 0.2) is 33.6 Å². The van der Waals surface area contributed by atoms with E-state index in [9.17, 15) is 13.2 Å². The molecule has 0 atom stereocenters. The van der Waals surface area contributed by atoms with Gasteiger partial charge in [-0.1, -0.05) is 17.7 Å². The second kappa shape index (κ2) is 8.72. The van der Waals surface area contributed by atoms with Crippen molar-refractivity contribution >= 4 is 32.6 Å². The minimum Gasteiger partial charge on any atom is -0.460 e. The highest BCUT2D eigenvalue weighted by molar-refractivity contribution is 7.92. The van der Waals surface area contributed by atoms with Crippen molar-refractivity contribution in [2.24, 2.45) is 0 Å². The molecule has 0 aliphatic carbocycles. The van der Waals surface area contributed by atoms with Crippen LogP contribution < -0.4 is 4.72 Å². The molecule has 1 aromatic heterocycles. The van der Waals surface area contributed by atoms with Gasteiger partial charge in [-0.25, -0.2) is 13.2 Å². The first-order valence-corrected chi connectivity index (χ1v) is 11.3. The number of carbonyl (C=O) groups is 1. The van der Waals surface area contributed by atoms with Gasteiger partial charge in [-0.2, -0.15) is 0 Å². The molecule has 0 bridgehead atoms. The number of furan rings is 1. The lowest BCUT2D eigenvalue weighted by molar-refractivity contribution is 0.0388. The van der Waals surface area contributed by atoms with Crippen molar-refractivity contribution in [2.45, 2.75) is 39.5 Å². The fourth-order valence-electron chi connectivity index (χ4n) is 3.81. The van der Waals surface area contributed by atoms with Gasteiger partial charge in [0.25, 0.3) is 10.0 Å². The van der Waals surface area contributed by atoms with Crippen LogP contribution in [0, 0.1) is 34.6 Å². The first kappa shape index (κ1) is 22.8. The number of esters is 1. The Morgan fingerprint density at radius 3 is 2.23 bits per heavy atom. The van der Waals surface area contributed by atoms with E-state index in [1.807, 2.05) is 19.1 Å². The van der Waals surface area contributed by atoms with Crippen LogP contribution in [0.4, 0.5) is 5.69 Å². The topological polar surface area (TPSA) is 94.8 Å². The number of hydrogen-bond acceptors (Lipinski definition) is 6. The van der Waals surface area contributed by atoms with Crippen molar-refractivity contribution < 1.29 is 27.1 Å². The smallest absolute Gasteiger partial charge is 0.342 e. The standard InChI is InChI=1S/C23H27NO6S/c1-13-9-15(3)22(16(4)10-13)31(26,27)24-19-12-18-20(11-14(19)2)30-17(5)21(18)23(25)29-8-7-28-6/h9-12,24H,7-8H2,1-6H3. The molecular weight excluding hydrogens is 418 g/mol. The molecule has 0 saturated heterocycles. The Labute approximate surface area is 182 Å². The minimum atomic E-state index is -3.84. The molecule has 3 aromatic rings. The zero-order chi connectivity index (χ0) is 22.9. The monoisotopic (exact) mass is 445 g/mol. The number of nitrogens with one attached hydrogen (secondary N) is 1. The number of fused-ring (bicyclic) bond motifs is 1. The van der Waals surface area contributed by atoms with Crippen molar-refractivity contribution in [3.63, 3.8) is 0 Å². The maximum Gasteiger partial charge on any atom is 0.342 e. The van der Waals surface area contributed by atoms with Gasteiger partial charge in [0.1, 0.15) is 23.5 Å². The first-order chi connectivity index (χ1) is 14.5. The third-order valence-electron chi connectivity index (χ3n) is 5.05. The molecule has 0 unspecified atom stereocenters. The summed E-state index contributed by atoms with van der Waals surface area (Å²) in [5, 5.41) is 0.487. The highest BCUT2D eigenvalue weighted by Crippen LogP contribution is 2.33. The molecular formula is C23H27NO6S. The Morgan fingerprint density at radius 2 is 1.61 bits per heavy atom. The maximum atomic E-state index is 13.2. The molecule has 1 heterocycles. The molecule has 7 nitrogen and oxygen atoms in total. The van der Waals surface area contributed by atoms with Crippen LogP contribution in [-0.2, 0) is 19.5 Å². The molecule has 31 heavy (non-hydrogen) atoms. The van der Waals surface area contributed by atoms with Gasteiger partial charge in [-0.3, -0.25) is 4.72 Å². The Hall–Kier alpha value is -2.84. The summed E-state index contributed by atoms with van der Waals surface area (Å²) in [6.45, 7) is 9.32. The first-order valence-electron chi connectivity index (χ1n) is 9.85. The van der Waals surface area contributed by atoms with Gasteiger partial charge in [0.15, 0.2) is 0 Å². The van der Waals surface area contributed by atoms with E-state index in [0.717, 1.165) is 5.56 Å². The Balaban J connectivity index is 2.04. The van der Waals surface area contributed by atoms with E-state index in [2.05, 4.69) is 4.72 Å². The van der Waals surface area contributed by atoms with Gasteiger partial charge in [0.05, 0.1) is 17.2 Å². The number of rotatable bonds is 7. The lowest BCUT2D eigenvalue weighted by Gasteiger charge is -2.15. The molecule has 0 fully saturated rings. The van der Waals surface area contributed by atoms with Crippen molar-refractivity contribution in [3.8, 4) is 0 Å². The summed E-state index contributed by atoms with van der Waals surface area (Å²) in [5.41, 5.74) is 4.14. The summed E-state index contributed by atoms with van der Waals surface area (Å²) in [4.78, 5) is 12.8. The highest BCUT2D eigenvalue weighted by Gasteiger charge is 2.24. The number of hydrogen-bond donors (Lipinski definition) is 1. The van der Waals surface area contributed by atoms with Crippen LogP contribution in [0.1, 0.15) is 38.4 Å². The Morgan fingerprint density at radius 1 is 0.968 bits per heavy atom. The van der Waals surface area contributed by atoms with Gasteiger partial charge in [0.2, 0.25) is 0 Å². The molecule has 0 radical (unpaired) electrons. The lowest BCUT2D eigenvalue weighted by Crippen LogP contribution is -2.16. The van der Waals surface area contributed by atoms with Gasteiger partial charge < -0.3 is 13.9 Å². The third-order valence-corrected chi connectivity index (χ3v) is 6.72. The summed E-state index contributed by atoms with van der Waals surface area (Å²) in [6.07, 6.45) is 0. The molecule has 8 heteroatoms. The summed E-state index contributed by atoms with van der Waals surface area (Å²) in [7, 11) is -2.32. The molecule has 0 aliphatic heterocycles. The van der Waals surface area contributed by atoms with E-state index in [1.54, 1.807) is 39.8 Å². The number of benzene rings is 2. The minimum absolute atomic E-state index is 0.110.